The van der Waals surface area contributed by atoms with Crippen LogP contribution in [0.3, 0.4) is 0 Å². The van der Waals surface area contributed by atoms with E-state index in [1.54, 1.807) is 0 Å². The average Bonchev–Trinajstić information content (AvgIpc) is 2.75. The Morgan fingerprint density at radius 2 is 1.48 bits per heavy atom. The SMILES string of the molecule is CCCCCCCCCCCCC(=O)c1[c]ccc(N(C)Cc2ccccc2)c1. The first kappa shape index (κ1) is 23.2. The summed E-state index contributed by atoms with van der Waals surface area (Å²) in [4.78, 5) is 14.7. The van der Waals surface area contributed by atoms with E-state index in [4.69, 9.17) is 0 Å². The molecule has 0 atom stereocenters. The maximum absolute atomic E-state index is 12.6. The fourth-order valence-electron chi connectivity index (χ4n) is 3.71. The van der Waals surface area contributed by atoms with Crippen molar-refractivity contribution in [2.75, 3.05) is 11.9 Å². The van der Waals surface area contributed by atoms with Crippen molar-refractivity contribution in [1.82, 2.24) is 0 Å². The van der Waals surface area contributed by atoms with Gasteiger partial charge in [-0.3, -0.25) is 4.79 Å². The van der Waals surface area contributed by atoms with E-state index in [0.29, 0.717) is 6.42 Å². The van der Waals surface area contributed by atoms with Gasteiger partial charge in [-0.1, -0.05) is 101 Å². The molecular formula is C27H38NO. The number of unbranched alkanes of at least 4 members (excludes halogenated alkanes) is 9. The van der Waals surface area contributed by atoms with Crippen molar-refractivity contribution in [3.05, 3.63) is 65.7 Å². The number of carbonyl (C=O) groups excluding carboxylic acids is 1. The van der Waals surface area contributed by atoms with Gasteiger partial charge in [0.1, 0.15) is 0 Å². The fourth-order valence-corrected chi connectivity index (χ4v) is 3.71. The summed E-state index contributed by atoms with van der Waals surface area (Å²) in [5.41, 5.74) is 3.05. The molecule has 0 heterocycles. The van der Waals surface area contributed by atoms with Crippen LogP contribution in [0.2, 0.25) is 0 Å². The third kappa shape index (κ3) is 9.30. The number of nitrogens with zero attached hydrogens (tertiary/aromatic N) is 1. The summed E-state index contributed by atoms with van der Waals surface area (Å²) in [6.45, 7) is 3.09. The Hall–Kier alpha value is -2.09. The zero-order valence-electron chi connectivity index (χ0n) is 18.5. The fraction of sp³-hybridized carbons (Fsp3) is 0.519. The average molecular weight is 393 g/mol. The molecule has 2 aromatic carbocycles. The highest BCUT2D eigenvalue weighted by molar-refractivity contribution is 5.96. The Labute approximate surface area is 178 Å². The topological polar surface area (TPSA) is 20.3 Å². The van der Waals surface area contributed by atoms with Gasteiger partial charge in [0.15, 0.2) is 5.78 Å². The first-order valence-corrected chi connectivity index (χ1v) is 11.5. The van der Waals surface area contributed by atoms with E-state index in [1.807, 2.05) is 24.3 Å². The number of anilines is 1. The Balaban J connectivity index is 1.67. The maximum atomic E-state index is 12.6. The first-order valence-electron chi connectivity index (χ1n) is 11.5. The van der Waals surface area contributed by atoms with Crippen LogP contribution < -0.4 is 4.90 Å². The lowest BCUT2D eigenvalue weighted by Crippen LogP contribution is -2.16. The summed E-state index contributed by atoms with van der Waals surface area (Å²) in [5.74, 6) is 0.222. The second-order valence-corrected chi connectivity index (χ2v) is 8.16. The molecule has 0 unspecified atom stereocenters. The largest absolute Gasteiger partial charge is 0.370 e. The highest BCUT2D eigenvalue weighted by Crippen LogP contribution is 2.19. The molecule has 2 nitrogen and oxygen atoms in total. The van der Waals surface area contributed by atoms with Crippen LogP contribution in [0, 0.1) is 6.07 Å². The van der Waals surface area contributed by atoms with Gasteiger partial charge in [0.25, 0.3) is 0 Å². The van der Waals surface area contributed by atoms with Gasteiger partial charge in [0, 0.05) is 31.3 Å². The molecule has 0 amide bonds. The predicted octanol–water partition coefficient (Wildman–Crippen LogP) is 7.62. The van der Waals surface area contributed by atoms with Crippen LogP contribution in [0.1, 0.15) is 93.5 Å². The van der Waals surface area contributed by atoms with Crippen LogP contribution in [-0.4, -0.2) is 12.8 Å². The third-order valence-electron chi connectivity index (χ3n) is 5.55. The van der Waals surface area contributed by atoms with Gasteiger partial charge in [0.2, 0.25) is 0 Å². The van der Waals surface area contributed by atoms with Crippen molar-refractivity contribution in [3.8, 4) is 0 Å². The van der Waals surface area contributed by atoms with Crippen molar-refractivity contribution < 1.29 is 4.79 Å². The molecule has 0 aliphatic carbocycles. The number of hydrogen-bond donors (Lipinski definition) is 0. The molecule has 0 aliphatic rings. The molecule has 29 heavy (non-hydrogen) atoms. The zero-order chi connectivity index (χ0) is 20.7. The molecule has 0 fully saturated rings. The lowest BCUT2D eigenvalue weighted by atomic mass is 10.0. The minimum Gasteiger partial charge on any atom is -0.370 e. The minimum atomic E-state index is 0.222. The zero-order valence-corrected chi connectivity index (χ0v) is 18.5. The highest BCUT2D eigenvalue weighted by atomic mass is 16.1. The molecule has 0 aromatic heterocycles. The van der Waals surface area contributed by atoms with E-state index in [9.17, 15) is 4.79 Å². The molecule has 157 valence electrons. The van der Waals surface area contributed by atoms with Crippen molar-refractivity contribution in [1.29, 1.82) is 0 Å². The van der Waals surface area contributed by atoms with E-state index < -0.39 is 0 Å². The summed E-state index contributed by atoms with van der Waals surface area (Å²) in [6.07, 6.45) is 13.5. The lowest BCUT2D eigenvalue weighted by Gasteiger charge is -2.20. The second-order valence-electron chi connectivity index (χ2n) is 8.16. The Morgan fingerprint density at radius 1 is 0.862 bits per heavy atom. The van der Waals surface area contributed by atoms with Crippen LogP contribution >= 0.6 is 0 Å². The van der Waals surface area contributed by atoms with Crippen molar-refractivity contribution in [3.63, 3.8) is 0 Å². The summed E-state index contributed by atoms with van der Waals surface area (Å²) in [6, 6.07) is 19.4. The molecule has 0 bridgehead atoms. The molecule has 2 rings (SSSR count). The van der Waals surface area contributed by atoms with E-state index >= 15 is 0 Å². The predicted molar refractivity (Wildman–Crippen MR) is 125 cm³/mol. The van der Waals surface area contributed by atoms with E-state index in [-0.39, 0.29) is 5.78 Å². The van der Waals surface area contributed by atoms with Crippen LogP contribution in [-0.2, 0) is 6.54 Å². The van der Waals surface area contributed by atoms with Crippen LogP contribution in [0.15, 0.2) is 48.5 Å². The number of carbonyl (C=O) groups is 1. The molecule has 0 saturated carbocycles. The number of rotatable bonds is 15. The Kier molecular flexibility index (Phi) is 11.2. The van der Waals surface area contributed by atoms with E-state index in [1.165, 1.54) is 56.9 Å². The molecule has 0 saturated heterocycles. The molecule has 0 spiro atoms. The van der Waals surface area contributed by atoms with Crippen molar-refractivity contribution in [2.24, 2.45) is 0 Å². The van der Waals surface area contributed by atoms with Crippen LogP contribution in [0.25, 0.3) is 0 Å². The second kappa shape index (κ2) is 14.0. The smallest absolute Gasteiger partial charge is 0.163 e. The van der Waals surface area contributed by atoms with E-state index in [2.05, 4.69) is 49.2 Å². The molecule has 2 aromatic rings. The quantitative estimate of drug-likeness (QED) is 0.229. The monoisotopic (exact) mass is 392 g/mol. The van der Waals surface area contributed by atoms with E-state index in [0.717, 1.165) is 30.6 Å². The van der Waals surface area contributed by atoms with Crippen molar-refractivity contribution in [2.45, 2.75) is 84.1 Å². The minimum absolute atomic E-state index is 0.222. The molecule has 1 radical (unpaired) electrons. The Bertz CT molecular complexity index is 695. The normalized spacial score (nSPS) is 10.8. The van der Waals surface area contributed by atoms with Crippen LogP contribution in [0.5, 0.6) is 0 Å². The van der Waals surface area contributed by atoms with Gasteiger partial charge >= 0.3 is 0 Å². The van der Waals surface area contributed by atoms with Crippen LogP contribution in [0.4, 0.5) is 5.69 Å². The number of Topliss-reactive ketones (excluding diaryl/α,β-unsaturated/α-hetero) is 1. The van der Waals surface area contributed by atoms with Gasteiger partial charge < -0.3 is 4.90 Å². The highest BCUT2D eigenvalue weighted by Gasteiger charge is 2.09. The Morgan fingerprint density at radius 3 is 2.14 bits per heavy atom. The van der Waals surface area contributed by atoms with Gasteiger partial charge in [0.05, 0.1) is 0 Å². The van der Waals surface area contributed by atoms with Gasteiger partial charge in [-0.25, -0.2) is 0 Å². The molecule has 2 heteroatoms. The third-order valence-corrected chi connectivity index (χ3v) is 5.55. The summed E-state index contributed by atoms with van der Waals surface area (Å²) in [5, 5.41) is 0. The van der Waals surface area contributed by atoms with Crippen molar-refractivity contribution >= 4 is 11.5 Å². The van der Waals surface area contributed by atoms with Gasteiger partial charge in [-0.05, 0) is 30.2 Å². The molecule has 0 N–H and O–H groups in total. The standard InChI is InChI=1S/C27H38NO/c1-3-4-5-6-7-8-9-10-11-15-21-27(29)25-19-16-20-26(22-25)28(2)23-24-17-13-12-14-18-24/h12-14,16-18,20,22H,3-11,15,21,23H2,1-2H3. The maximum Gasteiger partial charge on any atom is 0.163 e. The molecular weight excluding hydrogens is 354 g/mol. The number of ketones is 1. The number of hydrogen-bond acceptors (Lipinski definition) is 2. The summed E-state index contributed by atoms with van der Waals surface area (Å²) >= 11 is 0. The molecule has 0 aliphatic heterocycles. The number of benzene rings is 2. The van der Waals surface area contributed by atoms with Gasteiger partial charge in [-0.2, -0.15) is 0 Å². The van der Waals surface area contributed by atoms with Gasteiger partial charge in [-0.15, -0.1) is 0 Å². The lowest BCUT2D eigenvalue weighted by molar-refractivity contribution is 0.0979. The summed E-state index contributed by atoms with van der Waals surface area (Å²) in [7, 11) is 2.07. The first-order chi connectivity index (χ1) is 14.2. The summed E-state index contributed by atoms with van der Waals surface area (Å²) < 4.78 is 0.